The quantitative estimate of drug-likeness (QED) is 0.513. The number of ketones is 1. The molecule has 0 saturated carbocycles. The molecule has 2 heterocycles. The molecule has 2 nitrogen and oxygen atoms in total. The van der Waals surface area contributed by atoms with E-state index in [0.717, 1.165) is 12.8 Å². The maximum Gasteiger partial charge on any atom is 0.136 e. The second-order valence-electron chi connectivity index (χ2n) is 2.90. The first kappa shape index (κ1) is 5.42. The van der Waals surface area contributed by atoms with Gasteiger partial charge in [-0.05, 0) is 12.8 Å². The number of hydrogen-bond donors (Lipinski definition) is 1. The van der Waals surface area contributed by atoms with E-state index < -0.39 is 0 Å². The minimum Gasteiger partial charge on any atom is -0.306 e. The van der Waals surface area contributed by atoms with Crippen LogP contribution in [0.4, 0.5) is 0 Å². The molecule has 2 aliphatic heterocycles. The lowest BCUT2D eigenvalue weighted by Gasteiger charge is -2.18. The van der Waals surface area contributed by atoms with E-state index in [9.17, 15) is 4.79 Å². The third-order valence-electron chi connectivity index (χ3n) is 2.09. The molecule has 0 amide bonds. The third kappa shape index (κ3) is 0.874. The van der Waals surface area contributed by atoms with Crippen molar-refractivity contribution >= 4 is 5.78 Å². The van der Waals surface area contributed by atoms with E-state index >= 15 is 0 Å². The lowest BCUT2D eigenvalue weighted by Crippen LogP contribution is -2.33. The van der Waals surface area contributed by atoms with Gasteiger partial charge in [0, 0.05) is 24.9 Å². The highest BCUT2D eigenvalue weighted by molar-refractivity contribution is 5.82. The van der Waals surface area contributed by atoms with Crippen LogP contribution in [0.5, 0.6) is 0 Å². The summed E-state index contributed by atoms with van der Waals surface area (Å²) >= 11 is 0. The lowest BCUT2D eigenvalue weighted by molar-refractivity contribution is -0.119. The van der Waals surface area contributed by atoms with Crippen molar-refractivity contribution in [2.45, 2.75) is 31.7 Å². The average Bonchev–Trinajstić information content (AvgIpc) is 2.11. The Hall–Kier alpha value is -0.370. The Balaban J connectivity index is 2.11. The van der Waals surface area contributed by atoms with Crippen LogP contribution in [-0.4, -0.2) is 11.8 Å². The van der Waals surface area contributed by atoms with E-state index in [-0.39, 0.29) is 0 Å². The highest BCUT2D eigenvalue weighted by Crippen LogP contribution is 2.28. The molecule has 1 atom stereocenters. The van der Waals surface area contributed by atoms with Crippen molar-refractivity contribution in [1.82, 2.24) is 5.32 Å². The SMILES string of the molecule is O=C1C[C]2CCC(C1)N2. The summed E-state index contributed by atoms with van der Waals surface area (Å²) < 4.78 is 0. The molecular weight excluding hydrogens is 114 g/mol. The molecular formula is C7H10NO. The summed E-state index contributed by atoms with van der Waals surface area (Å²) in [7, 11) is 0. The molecule has 49 valence electrons. The minimum atomic E-state index is 0.422. The summed E-state index contributed by atoms with van der Waals surface area (Å²) in [6, 6.07) is 1.78. The summed E-state index contributed by atoms with van der Waals surface area (Å²) in [5.74, 6) is 0.422. The van der Waals surface area contributed by atoms with E-state index in [2.05, 4.69) is 5.32 Å². The second kappa shape index (κ2) is 1.81. The number of fused-ring (bicyclic) bond motifs is 2. The van der Waals surface area contributed by atoms with Crippen LogP contribution >= 0.6 is 0 Å². The van der Waals surface area contributed by atoms with Gasteiger partial charge < -0.3 is 5.32 Å². The van der Waals surface area contributed by atoms with Crippen LogP contribution in [0.25, 0.3) is 0 Å². The molecule has 1 radical (unpaired) electrons. The highest BCUT2D eigenvalue weighted by atomic mass is 16.1. The van der Waals surface area contributed by atoms with Crippen molar-refractivity contribution in [1.29, 1.82) is 0 Å². The summed E-state index contributed by atoms with van der Waals surface area (Å²) in [6.45, 7) is 0. The summed E-state index contributed by atoms with van der Waals surface area (Å²) in [4.78, 5) is 10.9. The van der Waals surface area contributed by atoms with Crippen LogP contribution in [0, 0.1) is 6.04 Å². The molecule has 0 spiro atoms. The van der Waals surface area contributed by atoms with Crippen LogP contribution < -0.4 is 5.32 Å². The van der Waals surface area contributed by atoms with Crippen molar-refractivity contribution in [2.24, 2.45) is 0 Å². The average molecular weight is 124 g/mol. The Morgan fingerprint density at radius 2 is 2.44 bits per heavy atom. The standard InChI is InChI=1S/C7H10NO/c9-7-3-5-1-2-6(4-7)8-5/h5,8H,1-4H2. The van der Waals surface area contributed by atoms with Gasteiger partial charge >= 0.3 is 0 Å². The summed E-state index contributed by atoms with van der Waals surface area (Å²) in [5, 5.41) is 3.32. The van der Waals surface area contributed by atoms with E-state index in [1.165, 1.54) is 12.5 Å². The molecule has 2 aliphatic rings. The minimum absolute atomic E-state index is 0.422. The maximum atomic E-state index is 10.9. The largest absolute Gasteiger partial charge is 0.306 e. The first-order valence-corrected chi connectivity index (χ1v) is 3.47. The maximum absolute atomic E-state index is 10.9. The van der Waals surface area contributed by atoms with Gasteiger partial charge in [-0.15, -0.1) is 0 Å². The Labute approximate surface area is 54.6 Å². The number of rotatable bonds is 0. The fraction of sp³-hybridized carbons (Fsp3) is 0.714. The van der Waals surface area contributed by atoms with Crippen molar-refractivity contribution in [2.75, 3.05) is 0 Å². The molecule has 1 unspecified atom stereocenters. The van der Waals surface area contributed by atoms with E-state index in [1.54, 1.807) is 0 Å². The van der Waals surface area contributed by atoms with Crippen LogP contribution in [0.2, 0.25) is 0 Å². The zero-order valence-corrected chi connectivity index (χ0v) is 5.31. The molecule has 1 N–H and O–H groups in total. The Morgan fingerprint density at radius 1 is 1.56 bits per heavy atom. The van der Waals surface area contributed by atoms with Crippen LogP contribution in [0.3, 0.4) is 0 Å². The Bertz CT molecular complexity index is 130. The number of hydrogen-bond acceptors (Lipinski definition) is 2. The summed E-state index contributed by atoms with van der Waals surface area (Å²) in [5.41, 5.74) is 0. The first-order valence-electron chi connectivity index (χ1n) is 3.47. The Kier molecular flexibility index (Phi) is 1.09. The van der Waals surface area contributed by atoms with Crippen molar-refractivity contribution in [3.05, 3.63) is 6.04 Å². The number of nitrogens with one attached hydrogen (secondary N) is 1. The van der Waals surface area contributed by atoms with Gasteiger partial charge in [0.2, 0.25) is 0 Å². The number of carbonyl (C=O) groups excluding carboxylic acids is 1. The van der Waals surface area contributed by atoms with Gasteiger partial charge in [0.1, 0.15) is 5.78 Å². The van der Waals surface area contributed by atoms with Gasteiger partial charge in [0.05, 0.1) is 0 Å². The van der Waals surface area contributed by atoms with Gasteiger partial charge in [-0.1, -0.05) is 0 Å². The van der Waals surface area contributed by atoms with Crippen molar-refractivity contribution in [3.63, 3.8) is 0 Å². The second-order valence-corrected chi connectivity index (χ2v) is 2.90. The predicted molar refractivity (Wildman–Crippen MR) is 33.6 cm³/mol. The molecule has 0 aromatic carbocycles. The third-order valence-corrected chi connectivity index (χ3v) is 2.09. The predicted octanol–water partition coefficient (Wildman–Crippen LogP) is 0.633. The molecule has 2 fully saturated rings. The number of carbonyl (C=O) groups is 1. The zero-order chi connectivity index (χ0) is 6.27. The number of piperidine rings is 1. The van der Waals surface area contributed by atoms with Gasteiger partial charge in [-0.3, -0.25) is 4.79 Å². The lowest BCUT2D eigenvalue weighted by atomic mass is 10.1. The molecule has 0 aromatic heterocycles. The summed E-state index contributed by atoms with van der Waals surface area (Å²) in [6.07, 6.45) is 3.79. The van der Waals surface area contributed by atoms with Crippen LogP contribution in [0.1, 0.15) is 25.7 Å². The van der Waals surface area contributed by atoms with Gasteiger partial charge in [-0.25, -0.2) is 0 Å². The molecule has 2 saturated heterocycles. The zero-order valence-electron chi connectivity index (χ0n) is 5.31. The number of Topliss-reactive ketones (excluding diaryl/α,β-unsaturated/α-hetero) is 1. The highest BCUT2D eigenvalue weighted by Gasteiger charge is 2.32. The van der Waals surface area contributed by atoms with E-state index in [1.807, 2.05) is 0 Å². The fourth-order valence-electron chi connectivity index (χ4n) is 1.66. The van der Waals surface area contributed by atoms with E-state index in [0.29, 0.717) is 18.2 Å². The molecule has 2 bridgehead atoms. The van der Waals surface area contributed by atoms with Crippen molar-refractivity contribution in [3.8, 4) is 0 Å². The van der Waals surface area contributed by atoms with E-state index in [4.69, 9.17) is 0 Å². The Morgan fingerprint density at radius 3 is 3.22 bits per heavy atom. The monoisotopic (exact) mass is 124 g/mol. The van der Waals surface area contributed by atoms with Gasteiger partial charge in [0.25, 0.3) is 0 Å². The molecule has 0 aliphatic carbocycles. The molecule has 0 aromatic rings. The smallest absolute Gasteiger partial charge is 0.136 e. The van der Waals surface area contributed by atoms with Crippen LogP contribution in [-0.2, 0) is 4.79 Å². The molecule has 2 rings (SSSR count). The molecule has 9 heavy (non-hydrogen) atoms. The van der Waals surface area contributed by atoms with Crippen LogP contribution in [0.15, 0.2) is 0 Å². The molecule has 2 heteroatoms. The van der Waals surface area contributed by atoms with Gasteiger partial charge in [0.15, 0.2) is 0 Å². The van der Waals surface area contributed by atoms with Gasteiger partial charge in [-0.2, -0.15) is 0 Å². The first-order chi connectivity index (χ1) is 4.34. The topological polar surface area (TPSA) is 29.1 Å². The van der Waals surface area contributed by atoms with Crippen molar-refractivity contribution < 1.29 is 4.79 Å². The fourth-order valence-corrected chi connectivity index (χ4v) is 1.66. The normalized spacial score (nSPS) is 35.6.